The molecule has 0 spiro atoms. The van der Waals surface area contributed by atoms with Crippen molar-refractivity contribution >= 4 is 17.3 Å². The van der Waals surface area contributed by atoms with Crippen molar-refractivity contribution in [3.63, 3.8) is 0 Å². The van der Waals surface area contributed by atoms with Crippen LogP contribution >= 0.6 is 0 Å². The van der Waals surface area contributed by atoms with E-state index in [1.807, 2.05) is 0 Å². The first kappa shape index (κ1) is 17.2. The smallest absolute Gasteiger partial charge is 0.270 e. The van der Waals surface area contributed by atoms with Crippen LogP contribution in [0.4, 0.5) is 15.8 Å². The van der Waals surface area contributed by atoms with Crippen LogP contribution in [0.3, 0.4) is 0 Å². The molecule has 0 saturated carbocycles. The Bertz CT molecular complexity index is 749. The number of nitrogens with zero attached hydrogens (tertiary/aromatic N) is 2. The Balaban J connectivity index is 1.98. The summed E-state index contributed by atoms with van der Waals surface area (Å²) in [5, 5.41) is 10.8. The summed E-state index contributed by atoms with van der Waals surface area (Å²) in [5.74, 6) is -0.332. The number of anilines is 1. The fraction of sp³-hybridized carbons (Fsp3) is 0.188. The van der Waals surface area contributed by atoms with E-state index in [0.29, 0.717) is 5.75 Å². The Morgan fingerprint density at radius 3 is 2.58 bits per heavy atom. The summed E-state index contributed by atoms with van der Waals surface area (Å²) < 4.78 is 18.2. The maximum atomic E-state index is 12.8. The minimum absolute atomic E-state index is 0.0634. The van der Waals surface area contributed by atoms with Gasteiger partial charge in [0.1, 0.15) is 18.2 Å². The average molecular weight is 333 g/mol. The molecule has 2 N–H and O–H groups in total. The molecule has 1 amide bonds. The first-order chi connectivity index (χ1) is 11.4. The van der Waals surface area contributed by atoms with Crippen molar-refractivity contribution in [3.8, 4) is 5.75 Å². The molecule has 0 fully saturated rings. The lowest BCUT2D eigenvalue weighted by atomic mass is 10.1. The molecule has 126 valence electrons. The van der Waals surface area contributed by atoms with Crippen molar-refractivity contribution in [2.24, 2.45) is 0 Å². The number of nitrogens with two attached hydrogens (primary N) is 1. The molecule has 2 aromatic rings. The van der Waals surface area contributed by atoms with Crippen molar-refractivity contribution < 1.29 is 18.8 Å². The van der Waals surface area contributed by atoms with Crippen LogP contribution in [0.5, 0.6) is 5.75 Å². The van der Waals surface area contributed by atoms with Crippen LogP contribution in [0, 0.1) is 15.9 Å². The number of nitrogen functional groups attached to an aromatic ring is 1. The van der Waals surface area contributed by atoms with E-state index >= 15 is 0 Å². The summed E-state index contributed by atoms with van der Waals surface area (Å²) >= 11 is 0. The Labute approximate surface area is 137 Å². The summed E-state index contributed by atoms with van der Waals surface area (Å²) in [7, 11) is 1.54. The number of carbonyl (C=O) groups is 1. The summed E-state index contributed by atoms with van der Waals surface area (Å²) in [5.41, 5.74) is 5.75. The highest BCUT2D eigenvalue weighted by atomic mass is 19.1. The summed E-state index contributed by atoms with van der Waals surface area (Å²) in [6, 6.07) is 9.22. The lowest BCUT2D eigenvalue weighted by Gasteiger charge is -2.18. The molecule has 0 aromatic heterocycles. The molecular weight excluding hydrogens is 317 g/mol. The summed E-state index contributed by atoms with van der Waals surface area (Å²) in [6.45, 7) is 0.418. The van der Waals surface area contributed by atoms with Gasteiger partial charge < -0.3 is 15.4 Å². The van der Waals surface area contributed by atoms with Gasteiger partial charge in [-0.2, -0.15) is 0 Å². The zero-order valence-electron chi connectivity index (χ0n) is 12.9. The minimum atomic E-state index is -0.589. The summed E-state index contributed by atoms with van der Waals surface area (Å²) in [6.07, 6.45) is 0. The first-order valence-electron chi connectivity index (χ1n) is 7.06. The van der Waals surface area contributed by atoms with Gasteiger partial charge in [-0.15, -0.1) is 0 Å². The van der Waals surface area contributed by atoms with E-state index in [4.69, 9.17) is 10.5 Å². The highest BCUT2D eigenvalue weighted by molar-refractivity contribution is 5.99. The van der Waals surface area contributed by atoms with Gasteiger partial charge in [0, 0.05) is 24.9 Å². The molecular formula is C16H16FN3O4. The number of benzene rings is 2. The van der Waals surface area contributed by atoms with Gasteiger partial charge in [-0.3, -0.25) is 14.9 Å². The fourth-order valence-electron chi connectivity index (χ4n) is 1.98. The molecule has 0 aliphatic heterocycles. The standard InChI is InChI=1S/C16H16FN3O4/c1-19(8-9-24-13-5-2-11(17)3-6-13)16(21)14-10-12(20(22)23)4-7-15(14)18/h2-7,10H,8-9,18H2,1H3. The van der Waals surface area contributed by atoms with Crippen LogP contribution in [0.15, 0.2) is 42.5 Å². The zero-order valence-corrected chi connectivity index (χ0v) is 12.9. The van der Waals surface area contributed by atoms with Crippen molar-refractivity contribution in [1.82, 2.24) is 4.90 Å². The van der Waals surface area contributed by atoms with Crippen LogP contribution in [0.25, 0.3) is 0 Å². The van der Waals surface area contributed by atoms with E-state index < -0.39 is 10.8 Å². The van der Waals surface area contributed by atoms with Crippen LogP contribution in [0.1, 0.15) is 10.4 Å². The molecule has 2 rings (SSSR count). The molecule has 24 heavy (non-hydrogen) atoms. The SMILES string of the molecule is CN(CCOc1ccc(F)cc1)C(=O)c1cc([N+](=O)[O-])ccc1N. The van der Waals surface area contributed by atoms with Crippen LogP contribution in [-0.2, 0) is 0 Å². The number of likely N-dealkylation sites (N-methyl/N-ethyl adjacent to an activating group) is 1. The van der Waals surface area contributed by atoms with Gasteiger partial charge >= 0.3 is 0 Å². The zero-order chi connectivity index (χ0) is 17.7. The molecule has 0 bridgehead atoms. The van der Waals surface area contributed by atoms with Gasteiger partial charge in [-0.25, -0.2) is 4.39 Å². The molecule has 0 unspecified atom stereocenters. The van der Waals surface area contributed by atoms with Crippen LogP contribution < -0.4 is 10.5 Å². The van der Waals surface area contributed by atoms with E-state index in [0.717, 1.165) is 6.07 Å². The number of hydrogen-bond donors (Lipinski definition) is 1. The van der Waals surface area contributed by atoms with Gasteiger partial charge in [0.2, 0.25) is 0 Å². The monoisotopic (exact) mass is 333 g/mol. The third-order valence-electron chi connectivity index (χ3n) is 3.33. The number of non-ortho nitro benzene ring substituents is 1. The third kappa shape index (κ3) is 4.19. The fourth-order valence-corrected chi connectivity index (χ4v) is 1.98. The van der Waals surface area contributed by atoms with Crippen LogP contribution in [0.2, 0.25) is 0 Å². The molecule has 0 atom stereocenters. The Morgan fingerprint density at radius 1 is 1.29 bits per heavy atom. The molecule has 0 radical (unpaired) electrons. The van der Waals surface area contributed by atoms with E-state index in [9.17, 15) is 19.3 Å². The van der Waals surface area contributed by atoms with E-state index in [-0.39, 0.29) is 35.9 Å². The highest BCUT2D eigenvalue weighted by Crippen LogP contribution is 2.21. The van der Waals surface area contributed by atoms with Gasteiger partial charge in [-0.05, 0) is 30.3 Å². The number of nitro benzene ring substituents is 1. The van der Waals surface area contributed by atoms with E-state index in [1.54, 1.807) is 0 Å². The molecule has 0 aliphatic carbocycles. The predicted molar refractivity (Wildman–Crippen MR) is 86.4 cm³/mol. The van der Waals surface area contributed by atoms with Crippen molar-refractivity contribution in [2.75, 3.05) is 25.9 Å². The number of halogens is 1. The number of ether oxygens (including phenoxy) is 1. The van der Waals surface area contributed by atoms with E-state index in [1.165, 1.54) is 48.3 Å². The maximum Gasteiger partial charge on any atom is 0.270 e. The number of rotatable bonds is 6. The van der Waals surface area contributed by atoms with Gasteiger partial charge in [0.15, 0.2) is 0 Å². The lowest BCUT2D eigenvalue weighted by molar-refractivity contribution is -0.384. The highest BCUT2D eigenvalue weighted by Gasteiger charge is 2.18. The minimum Gasteiger partial charge on any atom is -0.492 e. The van der Waals surface area contributed by atoms with Crippen LogP contribution in [-0.4, -0.2) is 35.9 Å². The second kappa shape index (κ2) is 7.40. The Kier molecular flexibility index (Phi) is 5.31. The average Bonchev–Trinajstić information content (AvgIpc) is 2.56. The predicted octanol–water partition coefficient (Wildman–Crippen LogP) is 2.47. The van der Waals surface area contributed by atoms with Crippen molar-refractivity contribution in [1.29, 1.82) is 0 Å². The number of hydrogen-bond acceptors (Lipinski definition) is 5. The van der Waals surface area contributed by atoms with Gasteiger partial charge in [0.05, 0.1) is 17.0 Å². The van der Waals surface area contributed by atoms with Crippen molar-refractivity contribution in [2.45, 2.75) is 0 Å². The molecule has 0 saturated heterocycles. The summed E-state index contributed by atoms with van der Waals surface area (Å²) in [4.78, 5) is 23.9. The Hall–Kier alpha value is -3.16. The van der Waals surface area contributed by atoms with Gasteiger partial charge in [0.25, 0.3) is 11.6 Å². The maximum absolute atomic E-state index is 12.8. The second-order valence-electron chi connectivity index (χ2n) is 5.06. The molecule has 0 heterocycles. The lowest BCUT2D eigenvalue weighted by Crippen LogP contribution is -2.31. The molecule has 7 nitrogen and oxygen atoms in total. The van der Waals surface area contributed by atoms with Gasteiger partial charge in [-0.1, -0.05) is 0 Å². The largest absolute Gasteiger partial charge is 0.492 e. The quantitative estimate of drug-likeness (QED) is 0.497. The number of carbonyl (C=O) groups excluding carboxylic acids is 1. The third-order valence-corrected chi connectivity index (χ3v) is 3.33. The second-order valence-corrected chi connectivity index (χ2v) is 5.06. The van der Waals surface area contributed by atoms with Crippen molar-refractivity contribution in [3.05, 3.63) is 64.0 Å². The number of nitro groups is 1. The normalized spacial score (nSPS) is 10.2. The van der Waals surface area contributed by atoms with E-state index in [2.05, 4.69) is 0 Å². The number of amides is 1. The molecule has 0 aliphatic rings. The Morgan fingerprint density at radius 2 is 1.96 bits per heavy atom. The molecule has 2 aromatic carbocycles. The first-order valence-corrected chi connectivity index (χ1v) is 7.06. The molecule has 8 heteroatoms. The topological polar surface area (TPSA) is 98.7 Å².